The number of Topliss-reactive ketones (excluding diaryl/α,β-unsaturated/α-hetero) is 1. The van der Waals surface area contributed by atoms with Gasteiger partial charge in [0.1, 0.15) is 24.9 Å². The Morgan fingerprint density at radius 3 is 1.92 bits per heavy atom. The second kappa shape index (κ2) is 6.89. The van der Waals surface area contributed by atoms with Crippen LogP contribution in [0.15, 0.2) is 0 Å². The molecule has 0 aromatic heterocycles. The third-order valence-corrected chi connectivity index (χ3v) is 1.39. The lowest BCUT2D eigenvalue weighted by molar-refractivity contribution is -0.142. The number of aliphatic hydroxyl groups excluding tert-OH is 5. The summed E-state index contributed by atoms with van der Waals surface area (Å²) in [5.74, 6) is -1.00. The molecule has 0 rings (SSSR count). The molecule has 3 atom stereocenters. The van der Waals surface area contributed by atoms with Crippen LogP contribution in [0.1, 0.15) is 0 Å². The van der Waals surface area contributed by atoms with Crippen molar-refractivity contribution < 1.29 is 30.3 Å². The highest BCUT2D eigenvalue weighted by molar-refractivity contribution is 5.84. The van der Waals surface area contributed by atoms with E-state index in [-0.39, 0.29) is 6.15 Å². The first-order chi connectivity index (χ1) is 5.54. The van der Waals surface area contributed by atoms with E-state index >= 15 is 0 Å². The topological polar surface area (TPSA) is 153 Å². The largest absolute Gasteiger partial charge is 0.394 e. The van der Waals surface area contributed by atoms with Crippen LogP contribution in [0.25, 0.3) is 0 Å². The highest BCUT2D eigenvalue weighted by Gasteiger charge is 2.28. The SMILES string of the molecule is N.O=C(CO)[C@@H](O)[C@H](O)[C@H](O)CO. The van der Waals surface area contributed by atoms with E-state index in [1.54, 1.807) is 0 Å². The van der Waals surface area contributed by atoms with Crippen LogP contribution in [0.5, 0.6) is 0 Å². The van der Waals surface area contributed by atoms with Crippen molar-refractivity contribution in [2.24, 2.45) is 0 Å². The molecule has 80 valence electrons. The number of hydrogen-bond donors (Lipinski definition) is 6. The fraction of sp³-hybridized carbons (Fsp3) is 0.833. The molecule has 0 spiro atoms. The van der Waals surface area contributed by atoms with Crippen molar-refractivity contribution in [3.05, 3.63) is 0 Å². The Labute approximate surface area is 74.8 Å². The van der Waals surface area contributed by atoms with Crippen molar-refractivity contribution in [2.45, 2.75) is 18.3 Å². The predicted octanol–water partition coefficient (Wildman–Crippen LogP) is -3.22. The summed E-state index contributed by atoms with van der Waals surface area (Å²) in [6.45, 7) is -1.69. The number of hydrogen-bond acceptors (Lipinski definition) is 7. The molecule has 0 aliphatic carbocycles. The first kappa shape index (κ1) is 14.9. The zero-order chi connectivity index (χ0) is 9.72. The van der Waals surface area contributed by atoms with Gasteiger partial charge in [0.05, 0.1) is 6.61 Å². The summed E-state index contributed by atoms with van der Waals surface area (Å²) in [4.78, 5) is 10.5. The number of ketones is 1. The van der Waals surface area contributed by atoms with Gasteiger partial charge in [-0.25, -0.2) is 0 Å². The average Bonchev–Trinajstić information content (AvgIpc) is 2.12. The molecule has 0 heterocycles. The van der Waals surface area contributed by atoms with Crippen LogP contribution >= 0.6 is 0 Å². The number of rotatable bonds is 5. The van der Waals surface area contributed by atoms with Gasteiger partial charge < -0.3 is 31.7 Å². The zero-order valence-electron chi connectivity index (χ0n) is 7.00. The van der Waals surface area contributed by atoms with Gasteiger partial charge in [-0.2, -0.15) is 0 Å². The summed E-state index contributed by atoms with van der Waals surface area (Å²) in [7, 11) is 0. The van der Waals surface area contributed by atoms with E-state index in [0.29, 0.717) is 0 Å². The number of carbonyl (C=O) groups is 1. The van der Waals surface area contributed by atoms with E-state index in [1.807, 2.05) is 0 Å². The fourth-order valence-electron chi connectivity index (χ4n) is 0.602. The maximum absolute atomic E-state index is 10.5. The van der Waals surface area contributed by atoms with Gasteiger partial charge in [0, 0.05) is 0 Å². The summed E-state index contributed by atoms with van der Waals surface area (Å²) < 4.78 is 0. The molecule has 0 bridgehead atoms. The lowest BCUT2D eigenvalue weighted by atomic mass is 10.1. The predicted molar refractivity (Wildman–Crippen MR) is 42.2 cm³/mol. The zero-order valence-corrected chi connectivity index (χ0v) is 7.00. The van der Waals surface area contributed by atoms with Crippen LogP contribution in [-0.4, -0.2) is 62.8 Å². The smallest absolute Gasteiger partial charge is 0.189 e. The minimum absolute atomic E-state index is 0. The van der Waals surface area contributed by atoms with Gasteiger partial charge in [0.25, 0.3) is 0 Å². The molecule has 0 aliphatic heterocycles. The molecule has 7 nitrogen and oxygen atoms in total. The Bertz CT molecular complexity index is 152. The van der Waals surface area contributed by atoms with Gasteiger partial charge in [0.15, 0.2) is 5.78 Å². The molecule has 0 amide bonds. The van der Waals surface area contributed by atoms with Crippen molar-refractivity contribution >= 4 is 5.78 Å². The van der Waals surface area contributed by atoms with Gasteiger partial charge in [-0.15, -0.1) is 0 Å². The molecule has 0 saturated carbocycles. The molecule has 0 radical (unpaired) electrons. The van der Waals surface area contributed by atoms with Gasteiger partial charge >= 0.3 is 0 Å². The van der Waals surface area contributed by atoms with Crippen molar-refractivity contribution in [1.29, 1.82) is 0 Å². The van der Waals surface area contributed by atoms with Gasteiger partial charge in [-0.05, 0) is 0 Å². The quantitative estimate of drug-likeness (QED) is 0.271. The van der Waals surface area contributed by atoms with Crippen LogP contribution in [0.4, 0.5) is 0 Å². The van der Waals surface area contributed by atoms with Gasteiger partial charge in [0.2, 0.25) is 0 Å². The fourth-order valence-corrected chi connectivity index (χ4v) is 0.602. The maximum atomic E-state index is 10.5. The molecule has 7 heteroatoms. The highest BCUT2D eigenvalue weighted by Crippen LogP contribution is 2.00. The van der Waals surface area contributed by atoms with E-state index in [2.05, 4.69) is 0 Å². The monoisotopic (exact) mass is 197 g/mol. The molecule has 13 heavy (non-hydrogen) atoms. The Morgan fingerprint density at radius 2 is 1.62 bits per heavy atom. The number of aliphatic hydroxyl groups is 5. The standard InChI is InChI=1S/C6H12O6.H3N/c7-1-3(9)5(11)6(12)4(10)2-8;/h3,5-9,11-12H,1-2H2;1H3/t3-,5-,6-;/m1./s1. The first-order valence-corrected chi connectivity index (χ1v) is 3.33. The number of carbonyl (C=O) groups excluding carboxylic acids is 1. The molecule has 0 aromatic carbocycles. The molecule has 0 unspecified atom stereocenters. The summed E-state index contributed by atoms with van der Waals surface area (Å²) in [5, 5.41) is 43.1. The lowest BCUT2D eigenvalue weighted by Gasteiger charge is -2.19. The van der Waals surface area contributed by atoms with Crippen molar-refractivity contribution in [3.63, 3.8) is 0 Å². The van der Waals surface area contributed by atoms with Crippen LogP contribution < -0.4 is 6.15 Å². The third-order valence-electron chi connectivity index (χ3n) is 1.39. The summed E-state index contributed by atoms with van der Waals surface area (Å²) in [6.07, 6.45) is -5.22. The van der Waals surface area contributed by atoms with E-state index in [0.717, 1.165) is 0 Å². The van der Waals surface area contributed by atoms with E-state index in [1.165, 1.54) is 0 Å². The lowest BCUT2D eigenvalue weighted by Crippen LogP contribution is -2.44. The van der Waals surface area contributed by atoms with Crippen molar-refractivity contribution in [1.82, 2.24) is 6.15 Å². The highest BCUT2D eigenvalue weighted by atomic mass is 16.4. The van der Waals surface area contributed by atoms with E-state index < -0.39 is 37.3 Å². The maximum Gasteiger partial charge on any atom is 0.189 e. The second-order valence-electron chi connectivity index (χ2n) is 2.31. The normalized spacial score (nSPS) is 17.0. The minimum Gasteiger partial charge on any atom is -0.394 e. The van der Waals surface area contributed by atoms with Crippen molar-refractivity contribution in [3.8, 4) is 0 Å². The van der Waals surface area contributed by atoms with E-state index in [9.17, 15) is 4.79 Å². The average molecular weight is 197 g/mol. The molecule has 8 N–H and O–H groups in total. The molecule has 0 aromatic rings. The summed E-state index contributed by atoms with van der Waals surface area (Å²) in [5.41, 5.74) is 0. The summed E-state index contributed by atoms with van der Waals surface area (Å²) >= 11 is 0. The van der Waals surface area contributed by atoms with Crippen molar-refractivity contribution in [2.75, 3.05) is 13.2 Å². The molecular weight excluding hydrogens is 182 g/mol. The Kier molecular flexibility index (Phi) is 7.92. The van der Waals surface area contributed by atoms with Crippen LogP contribution in [0.2, 0.25) is 0 Å². The molecule has 0 fully saturated rings. The minimum atomic E-state index is -1.86. The van der Waals surface area contributed by atoms with Gasteiger partial charge in [-0.3, -0.25) is 4.79 Å². The van der Waals surface area contributed by atoms with Crippen LogP contribution in [0, 0.1) is 0 Å². The van der Waals surface area contributed by atoms with Gasteiger partial charge in [-0.1, -0.05) is 0 Å². The Hall–Kier alpha value is -0.570. The first-order valence-electron chi connectivity index (χ1n) is 3.33. The second-order valence-corrected chi connectivity index (χ2v) is 2.31. The molecule has 0 saturated heterocycles. The Morgan fingerprint density at radius 1 is 1.15 bits per heavy atom. The molecular formula is C6H15NO6. The summed E-state index contributed by atoms with van der Waals surface area (Å²) in [6, 6.07) is 0. The van der Waals surface area contributed by atoms with Crippen LogP contribution in [0.3, 0.4) is 0 Å². The van der Waals surface area contributed by atoms with E-state index in [4.69, 9.17) is 25.5 Å². The Balaban J connectivity index is 0. The molecule has 0 aliphatic rings. The third kappa shape index (κ3) is 4.27. The van der Waals surface area contributed by atoms with Crippen LogP contribution in [-0.2, 0) is 4.79 Å².